The molecule has 35 heavy (non-hydrogen) atoms. The van der Waals surface area contributed by atoms with E-state index < -0.39 is 34.4 Å². The second-order valence-corrected chi connectivity index (χ2v) is 8.24. The quantitative estimate of drug-likeness (QED) is 0.264. The molecule has 4 heterocycles. The lowest BCUT2D eigenvalue weighted by Crippen LogP contribution is -2.17. The number of alkyl halides is 3. The van der Waals surface area contributed by atoms with Crippen LogP contribution in [0.15, 0.2) is 18.3 Å². The van der Waals surface area contributed by atoms with Gasteiger partial charge in [-0.1, -0.05) is 5.10 Å². The number of pyridine rings is 1. The van der Waals surface area contributed by atoms with Crippen LogP contribution in [0.3, 0.4) is 0 Å². The maximum atomic E-state index is 13.6. The Kier molecular flexibility index (Phi) is 5.75. The van der Waals surface area contributed by atoms with Crippen LogP contribution in [-0.4, -0.2) is 41.7 Å². The Balaban J connectivity index is 1.97. The number of primary amides is 1. The number of anilines is 1. The highest BCUT2D eigenvalue weighted by Crippen LogP contribution is 2.44. The van der Waals surface area contributed by atoms with Crippen LogP contribution in [0, 0.1) is 17.0 Å². The molecule has 4 aromatic rings. The third-order valence-corrected chi connectivity index (χ3v) is 6.07. The highest BCUT2D eigenvalue weighted by Gasteiger charge is 2.35. The van der Waals surface area contributed by atoms with Crippen LogP contribution in [0.2, 0.25) is 0 Å². The number of rotatable bonds is 6. The van der Waals surface area contributed by atoms with Gasteiger partial charge in [-0.05, 0) is 30.4 Å². The van der Waals surface area contributed by atoms with E-state index >= 15 is 0 Å². The first-order chi connectivity index (χ1) is 16.4. The zero-order valence-electron chi connectivity index (χ0n) is 17.9. The molecule has 182 valence electrons. The summed E-state index contributed by atoms with van der Waals surface area (Å²) in [6.07, 6.45) is -3.26. The van der Waals surface area contributed by atoms with E-state index in [-0.39, 0.29) is 32.0 Å². The predicted octanol–water partition coefficient (Wildman–Crippen LogP) is 3.49. The number of hydrogen-bond acceptors (Lipinski definition) is 8. The van der Waals surface area contributed by atoms with E-state index in [9.17, 15) is 32.9 Å². The molecular weight excluding hydrogens is 493 g/mol. The van der Waals surface area contributed by atoms with E-state index in [1.54, 1.807) is 13.8 Å². The van der Waals surface area contributed by atoms with Crippen LogP contribution in [0.25, 0.3) is 21.3 Å². The van der Waals surface area contributed by atoms with Gasteiger partial charge in [-0.2, -0.15) is 18.3 Å². The van der Waals surface area contributed by atoms with E-state index in [0.29, 0.717) is 29.1 Å². The van der Waals surface area contributed by atoms with Crippen molar-refractivity contribution < 1.29 is 27.7 Å². The molecule has 16 heteroatoms. The number of aromatic amines is 1. The fourth-order valence-electron chi connectivity index (χ4n) is 3.39. The molecule has 0 aliphatic heterocycles. The minimum Gasteiger partial charge on any atom is -0.365 e. The minimum atomic E-state index is -4.80. The van der Waals surface area contributed by atoms with Gasteiger partial charge in [-0.15, -0.1) is 16.4 Å². The van der Waals surface area contributed by atoms with Crippen molar-refractivity contribution in [2.75, 3.05) is 5.32 Å². The zero-order chi connectivity index (χ0) is 25.7. The molecule has 0 spiro atoms. The zero-order valence-corrected chi connectivity index (χ0v) is 18.7. The highest BCUT2D eigenvalue weighted by molar-refractivity contribution is 7.21. The van der Waals surface area contributed by atoms with Gasteiger partial charge in [0.05, 0.1) is 17.4 Å². The number of nitrogens with two attached hydrogens (primary N) is 1. The number of nitrogens with one attached hydrogen (secondary N) is 2. The molecule has 0 saturated carbocycles. The second-order valence-electron chi connectivity index (χ2n) is 7.24. The Morgan fingerprint density at radius 2 is 2.03 bits per heavy atom. The summed E-state index contributed by atoms with van der Waals surface area (Å²) in [5, 5.41) is 23.2. The molecule has 0 aliphatic carbocycles. The normalized spacial score (nSPS) is 11.7. The topological polar surface area (TPSA) is 175 Å². The van der Waals surface area contributed by atoms with Crippen molar-refractivity contribution in [3.63, 3.8) is 0 Å². The van der Waals surface area contributed by atoms with Crippen LogP contribution in [0.4, 0.5) is 24.7 Å². The number of nitro groups is 1. The first-order valence-electron chi connectivity index (χ1n) is 9.80. The summed E-state index contributed by atoms with van der Waals surface area (Å²) >= 11 is 0.573. The van der Waals surface area contributed by atoms with Crippen molar-refractivity contribution >= 4 is 44.9 Å². The van der Waals surface area contributed by atoms with E-state index in [0.717, 1.165) is 12.1 Å². The van der Waals surface area contributed by atoms with E-state index in [2.05, 4.69) is 25.6 Å². The molecule has 0 aromatic carbocycles. The van der Waals surface area contributed by atoms with Gasteiger partial charge in [0.15, 0.2) is 5.69 Å². The van der Waals surface area contributed by atoms with Crippen LogP contribution in [0.5, 0.6) is 0 Å². The summed E-state index contributed by atoms with van der Waals surface area (Å²) in [5.41, 5.74) is 4.41. The van der Waals surface area contributed by atoms with E-state index in [4.69, 9.17) is 5.73 Å². The third-order valence-electron chi connectivity index (χ3n) is 4.97. The van der Waals surface area contributed by atoms with Crippen LogP contribution in [-0.2, 0) is 12.7 Å². The Bertz CT molecular complexity index is 1500. The monoisotopic (exact) mass is 508 g/mol. The summed E-state index contributed by atoms with van der Waals surface area (Å²) < 4.78 is 42.4. The van der Waals surface area contributed by atoms with Crippen molar-refractivity contribution in [2.24, 2.45) is 5.73 Å². The Hall–Kier alpha value is -4.34. The maximum absolute atomic E-state index is 13.6. The Morgan fingerprint density at radius 1 is 1.31 bits per heavy atom. The van der Waals surface area contributed by atoms with Crippen molar-refractivity contribution in [3.8, 4) is 11.1 Å². The number of fused-ring (bicyclic) bond motifs is 1. The fraction of sp³-hybridized carbons (Fsp3) is 0.211. The summed E-state index contributed by atoms with van der Waals surface area (Å²) in [7, 11) is 0. The molecule has 4 N–H and O–H groups in total. The molecule has 0 unspecified atom stereocenters. The number of aromatic nitrogens is 5. The number of carbonyl (C=O) groups excluding carboxylic acids is 2. The maximum Gasteiger partial charge on any atom is 0.433 e. The number of hydrogen-bond donors (Lipinski definition) is 3. The van der Waals surface area contributed by atoms with Crippen LogP contribution >= 0.6 is 11.3 Å². The molecule has 0 atom stereocenters. The lowest BCUT2D eigenvalue weighted by molar-refractivity contribution is -0.389. The average molecular weight is 508 g/mol. The Labute approximate surface area is 197 Å². The van der Waals surface area contributed by atoms with Crippen molar-refractivity contribution in [2.45, 2.75) is 26.6 Å². The second kappa shape index (κ2) is 8.46. The lowest BCUT2D eigenvalue weighted by atomic mass is 10.0. The molecule has 0 saturated heterocycles. The summed E-state index contributed by atoms with van der Waals surface area (Å²) in [5.74, 6) is -2.53. The van der Waals surface area contributed by atoms with Crippen LogP contribution < -0.4 is 11.1 Å². The van der Waals surface area contributed by atoms with Crippen LogP contribution in [0.1, 0.15) is 38.5 Å². The van der Waals surface area contributed by atoms with Crippen molar-refractivity contribution in [1.29, 1.82) is 0 Å². The number of thiophene rings is 1. The molecule has 0 aliphatic rings. The van der Waals surface area contributed by atoms with Gasteiger partial charge in [0.25, 0.3) is 11.8 Å². The molecule has 4 aromatic heterocycles. The molecule has 0 radical (unpaired) electrons. The van der Waals surface area contributed by atoms with E-state index in [1.165, 1.54) is 10.9 Å². The van der Waals surface area contributed by atoms with Gasteiger partial charge in [0.1, 0.15) is 15.4 Å². The number of amides is 2. The summed E-state index contributed by atoms with van der Waals surface area (Å²) in [6, 6.07) is 1.67. The molecule has 4 rings (SSSR count). The van der Waals surface area contributed by atoms with Gasteiger partial charge in [0, 0.05) is 23.7 Å². The molecule has 12 nitrogen and oxygen atoms in total. The highest BCUT2D eigenvalue weighted by atomic mass is 32.1. The average Bonchev–Trinajstić information content (AvgIpc) is 3.49. The number of carbonyl (C=O) groups is 2. The largest absolute Gasteiger partial charge is 0.433 e. The van der Waals surface area contributed by atoms with E-state index in [1.807, 2.05) is 0 Å². The molecule has 0 bridgehead atoms. The minimum absolute atomic E-state index is 0.0200. The summed E-state index contributed by atoms with van der Waals surface area (Å²) in [6.45, 7) is 3.84. The Morgan fingerprint density at radius 3 is 2.57 bits per heavy atom. The third kappa shape index (κ3) is 4.30. The molecular formula is C19H15F3N8O4S. The smallest absolute Gasteiger partial charge is 0.365 e. The SMILES string of the molecule is CCn1cc(-c2cc(C(F)(F)F)nc3sc(C(N)=O)c(NC(=O)c4cc([N+](=O)[O-])[nH]n4)c23)c(C)n1. The van der Waals surface area contributed by atoms with Gasteiger partial charge in [-0.25, -0.2) is 4.98 Å². The first-order valence-corrected chi connectivity index (χ1v) is 10.6. The first kappa shape index (κ1) is 23.8. The van der Waals surface area contributed by atoms with Gasteiger partial charge in [-0.3, -0.25) is 14.3 Å². The van der Waals surface area contributed by atoms with Gasteiger partial charge >= 0.3 is 12.0 Å². The van der Waals surface area contributed by atoms with Gasteiger partial charge < -0.3 is 21.2 Å². The van der Waals surface area contributed by atoms with Gasteiger partial charge in [0.2, 0.25) is 0 Å². The number of H-pyrrole nitrogens is 1. The standard InChI is InChI=1S/C19H15F3N8O4S/c1-3-29-6-9(7(2)28-29)8-4-11(19(20,21)22)24-18-13(8)14(15(35-18)16(23)31)25-17(32)10-5-12(27-26-10)30(33)34/h4-6H,3H2,1-2H3,(H2,23,31)(H,25,32)(H,26,27). The van der Waals surface area contributed by atoms with Crippen molar-refractivity contribution in [3.05, 3.63) is 50.4 Å². The fourth-order valence-corrected chi connectivity index (χ4v) is 4.40. The number of halogens is 3. The number of nitrogens with zero attached hydrogens (tertiary/aromatic N) is 5. The number of aryl methyl sites for hydroxylation is 2. The molecule has 2 amide bonds. The molecule has 0 fully saturated rings. The van der Waals surface area contributed by atoms with Crippen molar-refractivity contribution in [1.82, 2.24) is 25.0 Å². The predicted molar refractivity (Wildman–Crippen MR) is 118 cm³/mol. The summed E-state index contributed by atoms with van der Waals surface area (Å²) in [4.78, 5) is 38.2. The lowest BCUT2D eigenvalue weighted by Gasteiger charge is -2.11.